The first-order chi connectivity index (χ1) is 31.7. The van der Waals surface area contributed by atoms with Gasteiger partial charge < -0.3 is 14.4 Å². The average molecular weight is 908 g/mol. The van der Waals surface area contributed by atoms with E-state index in [4.69, 9.17) is 9.47 Å². The molecule has 7 heteroatoms. The van der Waals surface area contributed by atoms with Crippen LogP contribution in [0.2, 0.25) is 26.2 Å². The van der Waals surface area contributed by atoms with Crippen molar-refractivity contribution in [2.24, 2.45) is 0 Å². The van der Waals surface area contributed by atoms with E-state index >= 15 is 0 Å². The molecule has 0 radical (unpaired) electrons. The van der Waals surface area contributed by atoms with Crippen molar-refractivity contribution < 1.29 is 9.47 Å². The first-order valence-electron chi connectivity index (χ1n) is 22.2. The van der Waals surface area contributed by atoms with Crippen LogP contribution >= 0.6 is 23.5 Å². The van der Waals surface area contributed by atoms with Crippen LogP contribution in [0.4, 0.5) is 17.1 Å². The van der Waals surface area contributed by atoms with Gasteiger partial charge in [-0.2, -0.15) is 0 Å². The third kappa shape index (κ3) is 6.71. The Bertz CT molecular complexity index is 3180. The molecule has 9 aromatic rings. The fourth-order valence-corrected chi connectivity index (χ4v) is 19.5. The third-order valence-corrected chi connectivity index (χ3v) is 23.3. The van der Waals surface area contributed by atoms with Gasteiger partial charge in [0.25, 0.3) is 0 Å². The zero-order valence-corrected chi connectivity index (χ0v) is 40.3. The Morgan fingerprint density at radius 1 is 0.338 bits per heavy atom. The van der Waals surface area contributed by atoms with Gasteiger partial charge in [-0.1, -0.05) is 183 Å². The van der Waals surface area contributed by atoms with Crippen molar-refractivity contribution >= 4 is 77.5 Å². The zero-order valence-electron chi connectivity index (χ0n) is 36.6. The van der Waals surface area contributed by atoms with E-state index in [1.165, 1.54) is 41.7 Å². The molecule has 0 saturated carbocycles. The lowest BCUT2D eigenvalue weighted by Gasteiger charge is -2.34. The molecule has 65 heavy (non-hydrogen) atoms. The summed E-state index contributed by atoms with van der Waals surface area (Å²) in [4.78, 5) is 7.43. The third-order valence-electron chi connectivity index (χ3n) is 13.5. The molecule has 3 aliphatic rings. The average Bonchev–Trinajstić information content (AvgIpc) is 3.34. The molecular weight excluding hydrogens is 863 g/mol. The highest BCUT2D eigenvalue weighted by Crippen LogP contribution is 2.51. The molecule has 3 heterocycles. The standard InChI is InChI=1S/C58H45NO2S2Si2/c1-64(2)52-22-9-6-18-48(52)61-56-44(14-12-24-54(56)64)38-26-32-41(33-27-38)59(42-34-28-39(29-35-42)45-15-11-19-49-57(45)62-50-20-7-5-17-47(50)60-49)43-36-30-40(31-37-43)46-16-13-25-55-58(46)63-51-21-8-10-23-53(51)65(55,3)4/h5-37H,1-4H3. The van der Waals surface area contributed by atoms with E-state index in [9.17, 15) is 0 Å². The van der Waals surface area contributed by atoms with Crippen LogP contribution in [0.3, 0.4) is 0 Å². The highest BCUT2D eigenvalue weighted by molar-refractivity contribution is 8.00. The number of ether oxygens (including phenoxy) is 2. The molecule has 0 bridgehead atoms. The summed E-state index contributed by atoms with van der Waals surface area (Å²) in [5.74, 6) is 3.77. The molecule has 0 fully saturated rings. The molecule has 0 amide bonds. The van der Waals surface area contributed by atoms with Crippen LogP contribution in [0.5, 0.6) is 23.0 Å². The van der Waals surface area contributed by atoms with Crippen LogP contribution < -0.4 is 35.1 Å². The number of rotatable bonds is 6. The van der Waals surface area contributed by atoms with Crippen molar-refractivity contribution in [1.29, 1.82) is 0 Å². The summed E-state index contributed by atoms with van der Waals surface area (Å²) in [6.45, 7) is 9.84. The SMILES string of the molecule is C[Si]1(C)c2ccccc2Oc2c(-c3ccc(N(c4ccc(-c5cccc6c5Sc5ccccc5O6)cc4)c4ccc(-c5cccc6c5Sc5ccccc5[Si]6(C)C)cc4)cc3)cccc21. The van der Waals surface area contributed by atoms with E-state index < -0.39 is 16.1 Å². The number of hydrogen-bond donors (Lipinski definition) is 0. The van der Waals surface area contributed by atoms with E-state index in [0.29, 0.717) is 0 Å². The minimum Gasteiger partial charge on any atom is -0.457 e. The lowest BCUT2D eigenvalue weighted by atomic mass is 10.0. The van der Waals surface area contributed by atoms with Crippen molar-refractivity contribution in [1.82, 2.24) is 0 Å². The Morgan fingerprint density at radius 3 is 1.45 bits per heavy atom. The van der Waals surface area contributed by atoms with Gasteiger partial charge in [-0.15, -0.1) is 0 Å². The molecule has 3 aliphatic heterocycles. The summed E-state index contributed by atoms with van der Waals surface area (Å²) in [5.41, 5.74) is 10.3. The van der Waals surface area contributed by atoms with Crippen molar-refractivity contribution in [3.8, 4) is 56.4 Å². The van der Waals surface area contributed by atoms with E-state index in [1.807, 2.05) is 23.9 Å². The number of para-hydroxylation sites is 3. The summed E-state index contributed by atoms with van der Waals surface area (Å²) in [6, 6.07) is 73.0. The molecule has 12 rings (SSSR count). The number of hydrogen-bond acceptors (Lipinski definition) is 5. The molecule has 9 aromatic carbocycles. The van der Waals surface area contributed by atoms with Crippen molar-refractivity contribution in [2.75, 3.05) is 4.90 Å². The van der Waals surface area contributed by atoms with Crippen LogP contribution in [0.1, 0.15) is 0 Å². The number of anilines is 3. The fraction of sp³-hybridized carbons (Fsp3) is 0.0690. The monoisotopic (exact) mass is 907 g/mol. The van der Waals surface area contributed by atoms with Crippen LogP contribution in [-0.2, 0) is 0 Å². The quantitative estimate of drug-likeness (QED) is 0.155. The van der Waals surface area contributed by atoms with Gasteiger partial charge in [0.15, 0.2) is 0 Å². The first kappa shape index (κ1) is 40.1. The molecule has 3 nitrogen and oxygen atoms in total. The summed E-state index contributed by atoms with van der Waals surface area (Å²) in [5, 5.41) is 5.72. The van der Waals surface area contributed by atoms with E-state index in [2.05, 4.69) is 219 Å². The Labute approximate surface area is 391 Å². The topological polar surface area (TPSA) is 21.7 Å². The maximum Gasteiger partial charge on any atom is 0.142 e. The predicted octanol–water partition coefficient (Wildman–Crippen LogP) is 14.6. The Morgan fingerprint density at radius 2 is 0.785 bits per heavy atom. The lowest BCUT2D eigenvalue weighted by molar-refractivity contribution is 0.455. The van der Waals surface area contributed by atoms with Gasteiger partial charge in [0.1, 0.15) is 39.1 Å². The molecule has 0 aliphatic carbocycles. The summed E-state index contributed by atoms with van der Waals surface area (Å²) in [6.07, 6.45) is 0. The summed E-state index contributed by atoms with van der Waals surface area (Å²) in [7, 11) is -3.84. The van der Waals surface area contributed by atoms with Gasteiger partial charge in [0, 0.05) is 32.4 Å². The van der Waals surface area contributed by atoms with Crippen LogP contribution in [-0.4, -0.2) is 16.1 Å². The lowest BCUT2D eigenvalue weighted by Crippen LogP contribution is -2.56. The second kappa shape index (κ2) is 15.6. The van der Waals surface area contributed by atoms with Crippen LogP contribution in [0.25, 0.3) is 33.4 Å². The number of fused-ring (bicyclic) bond motifs is 6. The minimum atomic E-state index is -1.97. The number of nitrogens with zero attached hydrogens (tertiary/aromatic N) is 1. The molecule has 0 spiro atoms. The van der Waals surface area contributed by atoms with Crippen LogP contribution in [0.15, 0.2) is 220 Å². The van der Waals surface area contributed by atoms with E-state index in [1.54, 1.807) is 11.8 Å². The van der Waals surface area contributed by atoms with E-state index in [-0.39, 0.29) is 0 Å². The van der Waals surface area contributed by atoms with Gasteiger partial charge in [-0.3, -0.25) is 0 Å². The number of benzene rings is 9. The van der Waals surface area contributed by atoms with Gasteiger partial charge in [0.2, 0.25) is 0 Å². The second-order valence-electron chi connectivity index (χ2n) is 18.1. The van der Waals surface area contributed by atoms with Crippen LogP contribution in [0, 0.1) is 0 Å². The van der Waals surface area contributed by atoms with Gasteiger partial charge in [-0.25, -0.2) is 0 Å². The van der Waals surface area contributed by atoms with Crippen molar-refractivity contribution in [3.63, 3.8) is 0 Å². The highest BCUT2D eigenvalue weighted by atomic mass is 32.2. The maximum absolute atomic E-state index is 6.74. The molecule has 0 saturated heterocycles. The largest absolute Gasteiger partial charge is 0.457 e. The minimum absolute atomic E-state index is 0.894. The molecule has 314 valence electrons. The first-order valence-corrected chi connectivity index (χ1v) is 29.9. The van der Waals surface area contributed by atoms with E-state index in [0.717, 1.165) is 72.1 Å². The summed E-state index contributed by atoms with van der Waals surface area (Å²) < 4.78 is 13.1. The van der Waals surface area contributed by atoms with Gasteiger partial charge in [-0.05, 0) is 115 Å². The normalized spacial score (nSPS) is 14.5. The maximum atomic E-state index is 6.74. The smallest absolute Gasteiger partial charge is 0.142 e. The fourth-order valence-electron chi connectivity index (χ4n) is 9.98. The molecule has 0 unspecified atom stereocenters. The zero-order chi connectivity index (χ0) is 43.9. The Kier molecular flexibility index (Phi) is 9.61. The second-order valence-corrected chi connectivity index (χ2v) is 28.8. The molecule has 0 atom stereocenters. The van der Waals surface area contributed by atoms with Crippen molar-refractivity contribution in [3.05, 3.63) is 200 Å². The predicted molar refractivity (Wildman–Crippen MR) is 279 cm³/mol. The highest BCUT2D eigenvalue weighted by Gasteiger charge is 2.38. The van der Waals surface area contributed by atoms with Crippen molar-refractivity contribution in [2.45, 2.75) is 45.8 Å². The van der Waals surface area contributed by atoms with Gasteiger partial charge >= 0.3 is 0 Å². The summed E-state index contributed by atoms with van der Waals surface area (Å²) >= 11 is 3.70. The molecule has 0 N–H and O–H groups in total. The Hall–Kier alpha value is -6.49. The van der Waals surface area contributed by atoms with Gasteiger partial charge in [0.05, 0.1) is 9.79 Å². The Balaban J connectivity index is 0.927. The molecular formula is C58H45NO2S2Si2. The molecule has 0 aromatic heterocycles.